The highest BCUT2D eigenvalue weighted by Gasteiger charge is 2.21. The number of nitrogens with one attached hydrogen (secondary N) is 1. The number of pyridine rings is 1. The molecule has 166 valence electrons. The molecule has 4 rings (SSSR count). The maximum atomic E-state index is 5.53. The van der Waals surface area contributed by atoms with Crippen molar-refractivity contribution in [2.24, 2.45) is 4.99 Å². The van der Waals surface area contributed by atoms with Crippen LogP contribution in [0.25, 0.3) is 5.65 Å². The summed E-state index contributed by atoms with van der Waals surface area (Å²) in [6.45, 7) is 9.28. The first-order valence-electron chi connectivity index (χ1n) is 10.5. The number of imidazole rings is 1. The number of hydrogen-bond acceptors (Lipinski definition) is 4. The standard InChI is InChI=1S/C23H30N6O.HI/c1-4-24-23(25-16-19-17-29-18(2)8-7-11-22(29)26-19)28-14-12-27(13-15-28)20-9-5-6-10-21(20)30-3;/h5-11,17H,4,12-16H2,1-3H3,(H,24,25);1H. The quantitative estimate of drug-likeness (QED) is 0.308. The van der Waals surface area contributed by atoms with E-state index < -0.39 is 0 Å². The molecule has 3 heterocycles. The van der Waals surface area contributed by atoms with Crippen molar-refractivity contribution in [2.75, 3.05) is 44.7 Å². The predicted molar refractivity (Wildman–Crippen MR) is 137 cm³/mol. The molecule has 8 heteroatoms. The number of methoxy groups -OCH3 is 1. The highest BCUT2D eigenvalue weighted by atomic mass is 127. The maximum Gasteiger partial charge on any atom is 0.194 e. The molecule has 7 nitrogen and oxygen atoms in total. The summed E-state index contributed by atoms with van der Waals surface area (Å²) >= 11 is 0. The Hall–Kier alpha value is -2.49. The molecule has 0 spiro atoms. The molecule has 0 unspecified atom stereocenters. The third-order valence-electron chi connectivity index (χ3n) is 5.48. The van der Waals surface area contributed by atoms with Gasteiger partial charge >= 0.3 is 0 Å². The van der Waals surface area contributed by atoms with Gasteiger partial charge in [0.15, 0.2) is 5.96 Å². The number of hydrogen-bond donors (Lipinski definition) is 1. The van der Waals surface area contributed by atoms with Crippen LogP contribution in [0.1, 0.15) is 18.3 Å². The summed E-state index contributed by atoms with van der Waals surface area (Å²) in [6.07, 6.45) is 2.08. The number of anilines is 1. The van der Waals surface area contributed by atoms with Crippen LogP contribution >= 0.6 is 24.0 Å². The Bertz CT molecular complexity index is 1030. The van der Waals surface area contributed by atoms with Gasteiger partial charge in [0.05, 0.1) is 25.0 Å². The fourth-order valence-electron chi connectivity index (χ4n) is 3.91. The SMILES string of the molecule is CCNC(=NCc1cn2c(C)cccc2n1)N1CCN(c2ccccc2OC)CC1.I. The lowest BCUT2D eigenvalue weighted by Crippen LogP contribution is -2.52. The zero-order valence-corrected chi connectivity index (χ0v) is 20.7. The second kappa shape index (κ2) is 10.7. The molecule has 1 aliphatic heterocycles. The number of guanidine groups is 1. The number of benzene rings is 1. The number of para-hydroxylation sites is 2. The number of rotatable bonds is 5. The molecule has 0 aliphatic carbocycles. The number of fused-ring (bicyclic) bond motifs is 1. The normalized spacial score (nSPS) is 14.5. The molecule has 1 saturated heterocycles. The van der Waals surface area contributed by atoms with Crippen molar-refractivity contribution in [3.8, 4) is 5.75 Å². The van der Waals surface area contributed by atoms with E-state index in [2.05, 4.69) is 57.8 Å². The van der Waals surface area contributed by atoms with Crippen molar-refractivity contribution in [3.63, 3.8) is 0 Å². The lowest BCUT2D eigenvalue weighted by atomic mass is 10.2. The molecule has 2 aromatic heterocycles. The molecule has 1 fully saturated rings. The summed E-state index contributed by atoms with van der Waals surface area (Å²) in [6, 6.07) is 14.4. The number of aryl methyl sites for hydroxylation is 1. The molecule has 1 aliphatic rings. The average Bonchev–Trinajstić information content (AvgIpc) is 3.21. The van der Waals surface area contributed by atoms with E-state index in [0.717, 1.165) is 61.5 Å². The minimum atomic E-state index is 0. The minimum Gasteiger partial charge on any atom is -0.495 e. The van der Waals surface area contributed by atoms with E-state index in [0.29, 0.717) is 6.54 Å². The first-order chi connectivity index (χ1) is 14.7. The van der Waals surface area contributed by atoms with E-state index in [-0.39, 0.29) is 24.0 Å². The lowest BCUT2D eigenvalue weighted by Gasteiger charge is -2.38. The third-order valence-corrected chi connectivity index (χ3v) is 5.48. The Morgan fingerprint density at radius 1 is 1.10 bits per heavy atom. The summed E-state index contributed by atoms with van der Waals surface area (Å²) in [5.74, 6) is 1.87. The van der Waals surface area contributed by atoms with E-state index in [4.69, 9.17) is 14.7 Å². The summed E-state index contributed by atoms with van der Waals surface area (Å²) in [4.78, 5) is 14.3. The summed E-state index contributed by atoms with van der Waals surface area (Å²) in [5.41, 5.74) is 4.28. The van der Waals surface area contributed by atoms with Crippen molar-refractivity contribution in [3.05, 3.63) is 60.0 Å². The highest BCUT2D eigenvalue weighted by molar-refractivity contribution is 14.0. The zero-order chi connectivity index (χ0) is 20.9. The zero-order valence-electron chi connectivity index (χ0n) is 18.4. The van der Waals surface area contributed by atoms with Crippen molar-refractivity contribution >= 4 is 41.3 Å². The van der Waals surface area contributed by atoms with Gasteiger partial charge in [-0.25, -0.2) is 9.98 Å². The Kier molecular flexibility index (Phi) is 8.00. The second-order valence-corrected chi connectivity index (χ2v) is 7.44. The first kappa shape index (κ1) is 23.2. The smallest absolute Gasteiger partial charge is 0.194 e. The van der Waals surface area contributed by atoms with Gasteiger partial charge in [-0.1, -0.05) is 18.2 Å². The second-order valence-electron chi connectivity index (χ2n) is 7.44. The fraction of sp³-hybridized carbons (Fsp3) is 0.391. The van der Waals surface area contributed by atoms with E-state index >= 15 is 0 Å². The summed E-state index contributed by atoms with van der Waals surface area (Å²) in [7, 11) is 1.73. The molecular formula is C23H31IN6O. The number of nitrogens with zero attached hydrogens (tertiary/aromatic N) is 5. The van der Waals surface area contributed by atoms with Gasteiger partial charge in [-0.15, -0.1) is 24.0 Å². The monoisotopic (exact) mass is 534 g/mol. The van der Waals surface area contributed by atoms with Gasteiger partial charge in [0.25, 0.3) is 0 Å². The number of halogens is 1. The van der Waals surface area contributed by atoms with Crippen molar-refractivity contribution in [1.29, 1.82) is 0 Å². The van der Waals surface area contributed by atoms with E-state index in [1.165, 1.54) is 5.69 Å². The Balaban J connectivity index is 0.00000272. The van der Waals surface area contributed by atoms with Crippen LogP contribution in [0.5, 0.6) is 5.75 Å². The molecular weight excluding hydrogens is 503 g/mol. The van der Waals surface area contributed by atoms with Crippen LogP contribution in [0.15, 0.2) is 53.7 Å². The van der Waals surface area contributed by atoms with Crippen LogP contribution in [-0.4, -0.2) is 60.1 Å². The van der Waals surface area contributed by atoms with E-state index in [1.807, 2.05) is 24.3 Å². The number of piperazine rings is 1. The molecule has 1 aromatic carbocycles. The topological polar surface area (TPSA) is 57.4 Å². The number of aromatic nitrogens is 2. The summed E-state index contributed by atoms with van der Waals surface area (Å²) in [5, 5.41) is 3.44. The van der Waals surface area contributed by atoms with Crippen LogP contribution < -0.4 is 15.0 Å². The first-order valence-corrected chi connectivity index (χ1v) is 10.5. The highest BCUT2D eigenvalue weighted by Crippen LogP contribution is 2.28. The predicted octanol–water partition coefficient (Wildman–Crippen LogP) is 3.56. The number of aliphatic imine (C=N–C) groups is 1. The van der Waals surface area contributed by atoms with Crippen LogP contribution in [0, 0.1) is 6.92 Å². The Morgan fingerprint density at radius 3 is 2.58 bits per heavy atom. The van der Waals surface area contributed by atoms with Crippen molar-refractivity contribution < 1.29 is 4.74 Å². The van der Waals surface area contributed by atoms with Crippen LogP contribution in [0.2, 0.25) is 0 Å². The van der Waals surface area contributed by atoms with E-state index in [9.17, 15) is 0 Å². The van der Waals surface area contributed by atoms with E-state index in [1.54, 1.807) is 7.11 Å². The van der Waals surface area contributed by atoms with Gasteiger partial charge in [0.1, 0.15) is 11.4 Å². The molecule has 1 N–H and O–H groups in total. The van der Waals surface area contributed by atoms with Crippen molar-refractivity contribution in [1.82, 2.24) is 19.6 Å². The van der Waals surface area contributed by atoms with Crippen LogP contribution in [0.4, 0.5) is 5.69 Å². The van der Waals surface area contributed by atoms with Gasteiger partial charge in [-0.05, 0) is 38.1 Å². The molecule has 31 heavy (non-hydrogen) atoms. The molecule has 0 amide bonds. The minimum absolute atomic E-state index is 0. The molecule has 0 atom stereocenters. The largest absolute Gasteiger partial charge is 0.495 e. The van der Waals surface area contributed by atoms with Gasteiger partial charge < -0.3 is 24.3 Å². The molecule has 0 radical (unpaired) electrons. The Labute approximate surface area is 201 Å². The molecule has 0 bridgehead atoms. The average molecular weight is 534 g/mol. The maximum absolute atomic E-state index is 5.53. The fourth-order valence-corrected chi connectivity index (χ4v) is 3.91. The van der Waals surface area contributed by atoms with Gasteiger partial charge in [-0.3, -0.25) is 0 Å². The van der Waals surface area contributed by atoms with Crippen LogP contribution in [-0.2, 0) is 6.54 Å². The molecule has 3 aromatic rings. The van der Waals surface area contributed by atoms with Gasteiger partial charge in [0.2, 0.25) is 0 Å². The summed E-state index contributed by atoms with van der Waals surface area (Å²) < 4.78 is 7.65. The molecule has 0 saturated carbocycles. The van der Waals surface area contributed by atoms with Gasteiger partial charge in [0, 0.05) is 44.6 Å². The third kappa shape index (κ3) is 5.23. The van der Waals surface area contributed by atoms with Gasteiger partial charge in [-0.2, -0.15) is 0 Å². The van der Waals surface area contributed by atoms with Crippen molar-refractivity contribution in [2.45, 2.75) is 20.4 Å². The lowest BCUT2D eigenvalue weighted by molar-refractivity contribution is 0.367. The number of ether oxygens (including phenoxy) is 1. The van der Waals surface area contributed by atoms with Crippen LogP contribution in [0.3, 0.4) is 0 Å². The Morgan fingerprint density at radius 2 is 1.87 bits per heavy atom.